The highest BCUT2D eigenvalue weighted by Gasteiger charge is 2.03. The van der Waals surface area contributed by atoms with Gasteiger partial charge in [-0.1, -0.05) is 258 Å². The van der Waals surface area contributed by atoms with Crippen LogP contribution in [0.2, 0.25) is 0 Å². The van der Waals surface area contributed by atoms with Gasteiger partial charge in [0.05, 0.1) is 0 Å². The Hall–Kier alpha value is -0.0400. The van der Waals surface area contributed by atoms with Gasteiger partial charge in [-0.2, -0.15) is 0 Å². The minimum Gasteiger partial charge on any atom is -0.328 e. The molecule has 0 aromatic carbocycles. The molecule has 0 aliphatic rings. The fourth-order valence-corrected chi connectivity index (χ4v) is 7.11. The summed E-state index contributed by atoms with van der Waals surface area (Å²) in [5.41, 5.74) is 6.43. The van der Waals surface area contributed by atoms with E-state index in [1.54, 1.807) is 0 Å². The van der Waals surface area contributed by atoms with Crippen LogP contribution < -0.4 is 5.73 Å². The van der Waals surface area contributed by atoms with Crippen molar-refractivity contribution in [3.8, 4) is 0 Å². The summed E-state index contributed by atoms with van der Waals surface area (Å²) in [5.74, 6) is 0. The normalized spacial score (nSPS) is 11.7. The first kappa shape index (κ1) is 44.0. The number of unbranched alkanes of at least 4 members (excludes halogenated alkanes) is 36. The molecule has 2 N–H and O–H groups in total. The van der Waals surface area contributed by atoms with Crippen molar-refractivity contribution in [2.75, 3.05) is 0 Å². The van der Waals surface area contributed by atoms with Crippen molar-refractivity contribution in [3.63, 3.8) is 0 Å². The lowest BCUT2D eigenvalue weighted by atomic mass is 10.00. The second-order valence-electron chi connectivity index (χ2n) is 15.1. The van der Waals surface area contributed by atoms with Gasteiger partial charge in [-0.25, -0.2) is 0 Å². The monoisotopic (exact) mass is 620 g/mol. The summed E-state index contributed by atoms with van der Waals surface area (Å²) in [6, 6.07) is 0.464. The standard InChI is InChI=1S/C43H89N/c1-3-5-7-9-11-13-15-17-19-21-23-25-27-29-31-33-35-37-39-41-43(44)42-40-38-36-34-32-30-28-26-24-22-20-18-16-14-12-10-8-6-4-2/h43H,3-42,44H2,1-2H3. The molecule has 0 aromatic rings. The van der Waals surface area contributed by atoms with Gasteiger partial charge in [-0.3, -0.25) is 0 Å². The summed E-state index contributed by atoms with van der Waals surface area (Å²) in [5, 5.41) is 0. The SMILES string of the molecule is CCCCCCCCCCCCCCCCCCCCCC(N)CCCCCCCCCCCCCCCCCCCCC. The first-order chi connectivity index (χ1) is 21.8. The molecule has 0 radical (unpaired) electrons. The predicted molar refractivity (Wildman–Crippen MR) is 204 cm³/mol. The maximum Gasteiger partial charge on any atom is 0.00388 e. The molecule has 0 aliphatic carbocycles. The predicted octanol–water partition coefficient (Wildman–Crippen LogP) is 16.0. The third-order valence-corrected chi connectivity index (χ3v) is 10.4. The largest absolute Gasteiger partial charge is 0.328 e. The van der Waals surface area contributed by atoms with Crippen molar-refractivity contribution >= 4 is 0 Å². The Morgan fingerprint density at radius 1 is 0.227 bits per heavy atom. The van der Waals surface area contributed by atoms with Crippen LogP contribution >= 0.6 is 0 Å². The van der Waals surface area contributed by atoms with Crippen LogP contribution in [0.1, 0.15) is 271 Å². The molecule has 0 fully saturated rings. The molecule has 0 spiro atoms. The fraction of sp³-hybridized carbons (Fsp3) is 1.00. The molecule has 0 aromatic heterocycles. The minimum atomic E-state index is 0.464. The van der Waals surface area contributed by atoms with Crippen LogP contribution in [0.4, 0.5) is 0 Å². The van der Waals surface area contributed by atoms with E-state index in [1.165, 1.54) is 257 Å². The lowest BCUT2D eigenvalue weighted by molar-refractivity contribution is 0.477. The van der Waals surface area contributed by atoms with Gasteiger partial charge in [0.1, 0.15) is 0 Å². The molecule has 0 saturated carbocycles. The third kappa shape index (κ3) is 40.0. The van der Waals surface area contributed by atoms with Crippen LogP contribution in [0.25, 0.3) is 0 Å². The first-order valence-corrected chi connectivity index (χ1v) is 21.6. The minimum absolute atomic E-state index is 0.464. The van der Waals surface area contributed by atoms with Crippen molar-refractivity contribution in [1.29, 1.82) is 0 Å². The smallest absolute Gasteiger partial charge is 0.00388 e. The van der Waals surface area contributed by atoms with Gasteiger partial charge < -0.3 is 5.73 Å². The van der Waals surface area contributed by atoms with E-state index in [1.807, 2.05) is 0 Å². The van der Waals surface area contributed by atoms with Crippen LogP contribution in [-0.2, 0) is 0 Å². The van der Waals surface area contributed by atoms with E-state index in [0.717, 1.165) is 0 Å². The molecule has 1 nitrogen and oxygen atoms in total. The van der Waals surface area contributed by atoms with Crippen molar-refractivity contribution in [2.45, 2.75) is 277 Å². The van der Waals surface area contributed by atoms with Gasteiger partial charge in [-0.05, 0) is 12.8 Å². The van der Waals surface area contributed by atoms with Crippen molar-refractivity contribution < 1.29 is 0 Å². The Morgan fingerprint density at radius 3 is 0.523 bits per heavy atom. The first-order valence-electron chi connectivity index (χ1n) is 21.6. The van der Waals surface area contributed by atoms with Crippen molar-refractivity contribution in [3.05, 3.63) is 0 Å². The molecule has 0 saturated heterocycles. The molecule has 0 rings (SSSR count). The Morgan fingerprint density at radius 2 is 0.364 bits per heavy atom. The van der Waals surface area contributed by atoms with E-state index >= 15 is 0 Å². The second-order valence-corrected chi connectivity index (χ2v) is 15.1. The molecular formula is C43H89N. The van der Waals surface area contributed by atoms with Crippen LogP contribution in [0.15, 0.2) is 0 Å². The molecule has 0 heterocycles. The zero-order valence-electron chi connectivity index (χ0n) is 31.4. The Bertz CT molecular complexity index is 432. The third-order valence-electron chi connectivity index (χ3n) is 10.4. The molecule has 0 aliphatic heterocycles. The van der Waals surface area contributed by atoms with Crippen molar-refractivity contribution in [2.24, 2.45) is 5.73 Å². The summed E-state index contributed by atoms with van der Waals surface area (Å²) >= 11 is 0. The van der Waals surface area contributed by atoms with Gasteiger partial charge >= 0.3 is 0 Å². The summed E-state index contributed by atoms with van der Waals surface area (Å²) in [7, 11) is 0. The van der Waals surface area contributed by atoms with E-state index in [-0.39, 0.29) is 0 Å². The quantitative estimate of drug-likeness (QED) is 0.0678. The highest BCUT2D eigenvalue weighted by atomic mass is 14.6. The van der Waals surface area contributed by atoms with Crippen LogP contribution in [0.5, 0.6) is 0 Å². The van der Waals surface area contributed by atoms with E-state index in [0.29, 0.717) is 6.04 Å². The average Bonchev–Trinajstić information content (AvgIpc) is 3.03. The Kier molecular flexibility index (Phi) is 40.9. The summed E-state index contributed by atoms with van der Waals surface area (Å²) < 4.78 is 0. The van der Waals surface area contributed by atoms with E-state index in [9.17, 15) is 0 Å². The summed E-state index contributed by atoms with van der Waals surface area (Å²) in [6.45, 7) is 4.61. The van der Waals surface area contributed by atoms with E-state index < -0.39 is 0 Å². The van der Waals surface area contributed by atoms with Gasteiger partial charge in [0.2, 0.25) is 0 Å². The summed E-state index contributed by atoms with van der Waals surface area (Å²) in [4.78, 5) is 0. The van der Waals surface area contributed by atoms with E-state index in [2.05, 4.69) is 13.8 Å². The number of hydrogen-bond acceptors (Lipinski definition) is 1. The van der Waals surface area contributed by atoms with Gasteiger partial charge in [0, 0.05) is 6.04 Å². The topological polar surface area (TPSA) is 26.0 Å². The maximum absolute atomic E-state index is 6.43. The molecular weight excluding hydrogens is 530 g/mol. The molecule has 0 atom stereocenters. The van der Waals surface area contributed by atoms with Gasteiger partial charge in [-0.15, -0.1) is 0 Å². The molecule has 1 heteroatoms. The van der Waals surface area contributed by atoms with Crippen LogP contribution in [0, 0.1) is 0 Å². The van der Waals surface area contributed by atoms with Crippen molar-refractivity contribution in [1.82, 2.24) is 0 Å². The van der Waals surface area contributed by atoms with Crippen LogP contribution in [0.3, 0.4) is 0 Å². The highest BCUT2D eigenvalue weighted by molar-refractivity contribution is 4.62. The van der Waals surface area contributed by atoms with Crippen LogP contribution in [-0.4, -0.2) is 6.04 Å². The maximum atomic E-state index is 6.43. The fourth-order valence-electron chi connectivity index (χ4n) is 7.11. The molecule has 266 valence electrons. The average molecular weight is 620 g/mol. The molecule has 44 heavy (non-hydrogen) atoms. The molecule has 0 bridgehead atoms. The number of hydrogen-bond donors (Lipinski definition) is 1. The number of rotatable bonds is 40. The van der Waals surface area contributed by atoms with Gasteiger partial charge in [0.25, 0.3) is 0 Å². The zero-order chi connectivity index (χ0) is 31.9. The Labute approximate surface area is 281 Å². The highest BCUT2D eigenvalue weighted by Crippen LogP contribution is 2.17. The second kappa shape index (κ2) is 41.0. The molecule has 0 amide bonds. The zero-order valence-corrected chi connectivity index (χ0v) is 31.4. The van der Waals surface area contributed by atoms with Gasteiger partial charge in [0.15, 0.2) is 0 Å². The van der Waals surface area contributed by atoms with E-state index in [4.69, 9.17) is 5.73 Å². The Balaban J connectivity index is 3.13. The number of nitrogens with two attached hydrogens (primary N) is 1. The molecule has 0 unspecified atom stereocenters. The lowest BCUT2D eigenvalue weighted by Crippen LogP contribution is -2.19. The lowest BCUT2D eigenvalue weighted by Gasteiger charge is -2.11. The summed E-state index contributed by atoms with van der Waals surface area (Å²) in [6.07, 6.45) is 57.8.